The molecular weight excluding hydrogens is 403 g/mol. The number of amides is 1. The van der Waals surface area contributed by atoms with Gasteiger partial charge in [-0.25, -0.2) is 0 Å². The van der Waals surface area contributed by atoms with Crippen LogP contribution >= 0.6 is 24.0 Å². The molecule has 3 N–H and O–H groups in total. The fourth-order valence-corrected chi connectivity index (χ4v) is 3.25. The normalized spacial score (nSPS) is 16.0. The molecule has 1 aliphatic rings. The summed E-state index contributed by atoms with van der Waals surface area (Å²) in [6.45, 7) is 2.01. The predicted molar refractivity (Wildman–Crippen MR) is 112 cm³/mol. The minimum absolute atomic E-state index is 0. The van der Waals surface area contributed by atoms with E-state index < -0.39 is 4.92 Å². The van der Waals surface area contributed by atoms with Gasteiger partial charge in [-0.05, 0) is 43.1 Å². The number of nitro benzene ring substituents is 1. The van der Waals surface area contributed by atoms with Crippen molar-refractivity contribution in [1.29, 1.82) is 0 Å². The number of rotatable bonds is 6. The number of benzene rings is 2. The van der Waals surface area contributed by atoms with Crippen LogP contribution in [-0.2, 0) is 6.54 Å². The summed E-state index contributed by atoms with van der Waals surface area (Å²) in [5.41, 5.74) is 1.31. The summed E-state index contributed by atoms with van der Waals surface area (Å²) in [6.07, 6.45) is 1.90. The van der Waals surface area contributed by atoms with E-state index in [4.69, 9.17) is 11.6 Å². The van der Waals surface area contributed by atoms with E-state index in [0.29, 0.717) is 23.8 Å². The number of nitrogens with one attached hydrogen (secondary N) is 3. The topological polar surface area (TPSA) is 96.3 Å². The number of piperidine rings is 1. The van der Waals surface area contributed by atoms with E-state index in [0.717, 1.165) is 24.9 Å². The lowest BCUT2D eigenvalue weighted by Gasteiger charge is -2.23. The van der Waals surface area contributed by atoms with Crippen molar-refractivity contribution >= 4 is 41.3 Å². The molecule has 1 aliphatic heterocycles. The monoisotopic (exact) mass is 424 g/mol. The van der Waals surface area contributed by atoms with Crippen molar-refractivity contribution in [3.05, 3.63) is 68.7 Å². The first-order chi connectivity index (χ1) is 13.0. The first-order valence-electron chi connectivity index (χ1n) is 8.82. The molecule has 0 bridgehead atoms. The summed E-state index contributed by atoms with van der Waals surface area (Å²) in [7, 11) is 0. The number of hydrogen-bond acceptors (Lipinski definition) is 5. The molecule has 28 heavy (non-hydrogen) atoms. The molecule has 1 unspecified atom stereocenters. The van der Waals surface area contributed by atoms with Gasteiger partial charge in [0.2, 0.25) is 0 Å². The first-order valence-corrected chi connectivity index (χ1v) is 9.19. The van der Waals surface area contributed by atoms with Crippen molar-refractivity contribution in [3.63, 3.8) is 0 Å². The fourth-order valence-electron chi connectivity index (χ4n) is 3.05. The van der Waals surface area contributed by atoms with Crippen molar-refractivity contribution in [3.8, 4) is 0 Å². The Bertz CT molecular complexity index is 842. The number of carbonyl (C=O) groups excluding carboxylic acids is 1. The summed E-state index contributed by atoms with van der Waals surface area (Å²) in [5.74, 6) is -0.301. The minimum atomic E-state index is -0.492. The van der Waals surface area contributed by atoms with Gasteiger partial charge < -0.3 is 16.0 Å². The SMILES string of the molecule is Cl.O=C(NC1CCCNC1)c1ccc(NCc2ccccc2Cl)c([N+](=O)[O-])c1. The Labute approximate surface area is 174 Å². The number of halogens is 2. The molecule has 2 aromatic carbocycles. The van der Waals surface area contributed by atoms with Gasteiger partial charge in [-0.3, -0.25) is 14.9 Å². The van der Waals surface area contributed by atoms with Crippen LogP contribution in [-0.4, -0.2) is 30.0 Å². The third-order valence-corrected chi connectivity index (χ3v) is 4.88. The average Bonchev–Trinajstić information content (AvgIpc) is 2.68. The van der Waals surface area contributed by atoms with Crippen LogP contribution in [0.3, 0.4) is 0 Å². The molecule has 1 heterocycles. The highest BCUT2D eigenvalue weighted by atomic mass is 35.5. The van der Waals surface area contributed by atoms with Gasteiger partial charge in [-0.2, -0.15) is 0 Å². The van der Waals surface area contributed by atoms with Crippen LogP contribution < -0.4 is 16.0 Å². The molecule has 3 rings (SSSR count). The second kappa shape index (κ2) is 10.3. The van der Waals surface area contributed by atoms with E-state index in [2.05, 4.69) is 16.0 Å². The second-order valence-electron chi connectivity index (χ2n) is 6.45. The zero-order valence-corrected chi connectivity index (χ0v) is 16.7. The fraction of sp³-hybridized carbons (Fsp3) is 0.316. The Morgan fingerprint density at radius 3 is 2.75 bits per heavy atom. The predicted octanol–water partition coefficient (Wildman–Crippen LogP) is 3.76. The van der Waals surface area contributed by atoms with Crippen LogP contribution in [0.1, 0.15) is 28.8 Å². The molecule has 7 nitrogen and oxygen atoms in total. The minimum Gasteiger partial charge on any atom is -0.375 e. The quantitative estimate of drug-likeness (QED) is 0.484. The number of anilines is 1. The van der Waals surface area contributed by atoms with Crippen LogP contribution in [0, 0.1) is 10.1 Å². The molecule has 0 radical (unpaired) electrons. The van der Waals surface area contributed by atoms with E-state index in [-0.39, 0.29) is 35.6 Å². The Hall–Kier alpha value is -2.35. The number of nitrogens with zero attached hydrogens (tertiary/aromatic N) is 1. The molecular formula is C19H22Cl2N4O3. The smallest absolute Gasteiger partial charge is 0.293 e. The highest BCUT2D eigenvalue weighted by Crippen LogP contribution is 2.27. The van der Waals surface area contributed by atoms with Gasteiger partial charge in [0.25, 0.3) is 11.6 Å². The lowest BCUT2D eigenvalue weighted by atomic mass is 10.1. The summed E-state index contributed by atoms with van der Waals surface area (Å²) < 4.78 is 0. The van der Waals surface area contributed by atoms with Gasteiger partial charge >= 0.3 is 0 Å². The maximum absolute atomic E-state index is 12.4. The van der Waals surface area contributed by atoms with E-state index >= 15 is 0 Å². The third kappa shape index (κ3) is 5.58. The van der Waals surface area contributed by atoms with Gasteiger partial charge in [-0.15, -0.1) is 12.4 Å². The molecule has 150 valence electrons. The van der Waals surface area contributed by atoms with Crippen molar-refractivity contribution in [2.75, 3.05) is 18.4 Å². The summed E-state index contributed by atoms with van der Waals surface area (Å²) in [5, 5.41) is 21.2. The first kappa shape index (κ1) is 21.9. The van der Waals surface area contributed by atoms with Gasteiger partial charge in [0, 0.05) is 35.8 Å². The Balaban J connectivity index is 0.00000280. The van der Waals surface area contributed by atoms with Crippen molar-refractivity contribution in [1.82, 2.24) is 10.6 Å². The molecule has 0 spiro atoms. The molecule has 1 fully saturated rings. The molecule has 1 atom stereocenters. The molecule has 9 heteroatoms. The lowest BCUT2D eigenvalue weighted by molar-refractivity contribution is -0.384. The lowest BCUT2D eigenvalue weighted by Crippen LogP contribution is -2.45. The van der Waals surface area contributed by atoms with Gasteiger partial charge in [-0.1, -0.05) is 29.8 Å². The summed E-state index contributed by atoms with van der Waals surface area (Å²) in [4.78, 5) is 23.4. The third-order valence-electron chi connectivity index (χ3n) is 4.52. The van der Waals surface area contributed by atoms with Crippen LogP contribution in [0.2, 0.25) is 5.02 Å². The van der Waals surface area contributed by atoms with Crippen LogP contribution in [0.25, 0.3) is 0 Å². The highest BCUT2D eigenvalue weighted by Gasteiger charge is 2.20. The highest BCUT2D eigenvalue weighted by molar-refractivity contribution is 6.31. The molecule has 2 aromatic rings. The number of hydrogen-bond donors (Lipinski definition) is 3. The van der Waals surface area contributed by atoms with Gasteiger partial charge in [0.15, 0.2) is 0 Å². The van der Waals surface area contributed by atoms with E-state index in [1.54, 1.807) is 18.2 Å². The van der Waals surface area contributed by atoms with Crippen LogP contribution in [0.4, 0.5) is 11.4 Å². The Kier molecular flexibility index (Phi) is 8.04. The average molecular weight is 425 g/mol. The van der Waals surface area contributed by atoms with E-state index in [1.807, 2.05) is 18.2 Å². The summed E-state index contributed by atoms with van der Waals surface area (Å²) in [6, 6.07) is 11.8. The maximum Gasteiger partial charge on any atom is 0.293 e. The Morgan fingerprint density at radius 2 is 2.07 bits per heavy atom. The van der Waals surface area contributed by atoms with E-state index in [1.165, 1.54) is 6.07 Å². The van der Waals surface area contributed by atoms with Crippen LogP contribution in [0.5, 0.6) is 0 Å². The van der Waals surface area contributed by atoms with Crippen molar-refractivity contribution in [2.45, 2.75) is 25.4 Å². The van der Waals surface area contributed by atoms with Crippen molar-refractivity contribution in [2.24, 2.45) is 0 Å². The maximum atomic E-state index is 12.4. The zero-order chi connectivity index (χ0) is 19.2. The van der Waals surface area contributed by atoms with Gasteiger partial charge in [0.05, 0.1) is 4.92 Å². The van der Waals surface area contributed by atoms with Gasteiger partial charge in [0.1, 0.15) is 5.69 Å². The second-order valence-corrected chi connectivity index (χ2v) is 6.86. The number of carbonyl (C=O) groups is 1. The standard InChI is InChI=1S/C19H21ClN4O3.ClH/c20-16-6-2-1-4-14(16)11-22-17-8-7-13(10-18(17)24(26)27)19(25)23-15-5-3-9-21-12-15;/h1-2,4,6-8,10,15,21-22H,3,5,9,11-12H2,(H,23,25);1H. The molecule has 1 saturated heterocycles. The van der Waals surface area contributed by atoms with Crippen LogP contribution in [0.15, 0.2) is 42.5 Å². The molecule has 1 amide bonds. The molecule has 0 saturated carbocycles. The van der Waals surface area contributed by atoms with E-state index in [9.17, 15) is 14.9 Å². The van der Waals surface area contributed by atoms with Crippen molar-refractivity contribution < 1.29 is 9.72 Å². The zero-order valence-electron chi connectivity index (χ0n) is 15.1. The molecule has 0 aromatic heterocycles. The largest absolute Gasteiger partial charge is 0.375 e. The summed E-state index contributed by atoms with van der Waals surface area (Å²) >= 11 is 6.12. The number of nitro groups is 1. The molecule has 0 aliphatic carbocycles. The Morgan fingerprint density at radius 1 is 1.29 bits per heavy atom.